The molecule has 0 fully saturated rings. The van der Waals surface area contributed by atoms with Gasteiger partial charge in [0, 0.05) is 5.56 Å². The molecule has 0 radical (unpaired) electrons. The van der Waals surface area contributed by atoms with Crippen molar-refractivity contribution in [2.75, 3.05) is 7.11 Å². The quantitative estimate of drug-likeness (QED) is 0.839. The second-order valence-electron chi connectivity index (χ2n) is 3.34. The highest BCUT2D eigenvalue weighted by molar-refractivity contribution is 5.68. The number of aromatic amines is 1. The number of benzene rings is 1. The molecule has 0 amide bonds. The standard InChI is InChI=1S/C12H9N3O2/c1-17-11-3-2-8(5-13)4-9(11)10-6-14-7-12(16)15-10/h2-4,6-7H,1H3,(H,15,16). The molecule has 0 atom stereocenters. The molecule has 0 aliphatic carbocycles. The fourth-order valence-corrected chi connectivity index (χ4v) is 1.50. The molecule has 1 aromatic carbocycles. The molecule has 2 rings (SSSR count). The van der Waals surface area contributed by atoms with E-state index in [9.17, 15) is 4.79 Å². The summed E-state index contributed by atoms with van der Waals surface area (Å²) in [5.74, 6) is 0.577. The summed E-state index contributed by atoms with van der Waals surface area (Å²) in [4.78, 5) is 17.6. The highest BCUT2D eigenvalue weighted by Crippen LogP contribution is 2.28. The Morgan fingerprint density at radius 1 is 1.41 bits per heavy atom. The molecule has 0 bridgehead atoms. The van der Waals surface area contributed by atoms with Crippen molar-refractivity contribution in [3.05, 3.63) is 46.5 Å². The van der Waals surface area contributed by atoms with Crippen LogP contribution in [0.3, 0.4) is 0 Å². The summed E-state index contributed by atoms with van der Waals surface area (Å²) in [6.45, 7) is 0. The predicted octanol–water partition coefficient (Wildman–Crippen LogP) is 1.32. The first-order valence-corrected chi connectivity index (χ1v) is 4.87. The van der Waals surface area contributed by atoms with Gasteiger partial charge in [-0.05, 0) is 18.2 Å². The van der Waals surface area contributed by atoms with Crippen LogP contribution in [-0.4, -0.2) is 17.1 Å². The third-order valence-corrected chi connectivity index (χ3v) is 2.27. The smallest absolute Gasteiger partial charge is 0.266 e. The largest absolute Gasteiger partial charge is 0.496 e. The molecule has 17 heavy (non-hydrogen) atoms. The molecule has 0 unspecified atom stereocenters. The third kappa shape index (κ3) is 2.16. The van der Waals surface area contributed by atoms with Crippen molar-refractivity contribution in [1.82, 2.24) is 9.97 Å². The highest BCUT2D eigenvalue weighted by atomic mass is 16.5. The van der Waals surface area contributed by atoms with Gasteiger partial charge in [-0.25, -0.2) is 0 Å². The summed E-state index contributed by atoms with van der Waals surface area (Å²) >= 11 is 0. The first kappa shape index (κ1) is 10.9. The number of nitrogens with one attached hydrogen (secondary N) is 1. The summed E-state index contributed by atoms with van der Waals surface area (Å²) in [6, 6.07) is 7.01. The fourth-order valence-electron chi connectivity index (χ4n) is 1.50. The van der Waals surface area contributed by atoms with Crippen molar-refractivity contribution in [3.63, 3.8) is 0 Å². The molecular formula is C12H9N3O2. The Morgan fingerprint density at radius 2 is 2.24 bits per heavy atom. The number of H-pyrrole nitrogens is 1. The predicted molar refractivity (Wildman–Crippen MR) is 61.6 cm³/mol. The van der Waals surface area contributed by atoms with Crippen molar-refractivity contribution in [2.24, 2.45) is 0 Å². The Labute approximate surface area is 97.3 Å². The van der Waals surface area contributed by atoms with Gasteiger partial charge in [0.15, 0.2) is 0 Å². The molecular weight excluding hydrogens is 218 g/mol. The molecule has 84 valence electrons. The molecule has 0 saturated heterocycles. The first-order chi connectivity index (χ1) is 8.24. The van der Waals surface area contributed by atoms with Gasteiger partial charge in [-0.15, -0.1) is 0 Å². The van der Waals surface area contributed by atoms with Crippen molar-refractivity contribution >= 4 is 0 Å². The minimum absolute atomic E-state index is 0.299. The minimum atomic E-state index is -0.299. The number of hydrogen-bond acceptors (Lipinski definition) is 4. The second kappa shape index (κ2) is 4.49. The fraction of sp³-hybridized carbons (Fsp3) is 0.0833. The number of rotatable bonds is 2. The van der Waals surface area contributed by atoms with E-state index in [2.05, 4.69) is 9.97 Å². The molecule has 0 spiro atoms. The van der Waals surface area contributed by atoms with E-state index < -0.39 is 0 Å². The van der Waals surface area contributed by atoms with E-state index >= 15 is 0 Å². The Kier molecular flexibility index (Phi) is 2.88. The van der Waals surface area contributed by atoms with Gasteiger partial charge in [0.25, 0.3) is 5.56 Å². The van der Waals surface area contributed by atoms with E-state index in [0.717, 1.165) is 0 Å². The van der Waals surface area contributed by atoms with Gasteiger partial charge in [-0.3, -0.25) is 9.78 Å². The molecule has 5 heteroatoms. The summed E-state index contributed by atoms with van der Waals surface area (Å²) < 4.78 is 5.18. The molecule has 0 saturated carbocycles. The van der Waals surface area contributed by atoms with E-state index in [1.54, 1.807) is 18.2 Å². The van der Waals surface area contributed by atoms with Crippen molar-refractivity contribution in [1.29, 1.82) is 5.26 Å². The third-order valence-electron chi connectivity index (χ3n) is 2.27. The van der Waals surface area contributed by atoms with Crippen molar-refractivity contribution in [2.45, 2.75) is 0 Å². The SMILES string of the molecule is COc1ccc(C#N)cc1-c1cncc(=O)[nH]1. The lowest BCUT2D eigenvalue weighted by atomic mass is 10.1. The van der Waals surface area contributed by atoms with E-state index in [1.165, 1.54) is 19.5 Å². The van der Waals surface area contributed by atoms with Gasteiger partial charge in [0.1, 0.15) is 5.75 Å². The molecule has 2 aromatic rings. The average Bonchev–Trinajstić information content (AvgIpc) is 2.38. The van der Waals surface area contributed by atoms with Crippen LogP contribution in [0.5, 0.6) is 5.75 Å². The summed E-state index contributed by atoms with van der Waals surface area (Å²) in [5.41, 5.74) is 1.35. The number of nitriles is 1. The minimum Gasteiger partial charge on any atom is -0.496 e. The van der Waals surface area contributed by atoms with Gasteiger partial charge in [-0.2, -0.15) is 5.26 Å². The maximum Gasteiger partial charge on any atom is 0.266 e. The Morgan fingerprint density at radius 3 is 2.88 bits per heavy atom. The summed E-state index contributed by atoms with van der Waals surface area (Å²) in [7, 11) is 1.53. The monoisotopic (exact) mass is 227 g/mol. The van der Waals surface area contributed by atoms with Crippen LogP contribution in [-0.2, 0) is 0 Å². The maximum atomic E-state index is 11.2. The zero-order valence-electron chi connectivity index (χ0n) is 9.10. The molecule has 1 heterocycles. The molecule has 1 aromatic heterocycles. The summed E-state index contributed by atoms with van der Waals surface area (Å²) in [6.07, 6.45) is 2.70. The lowest BCUT2D eigenvalue weighted by molar-refractivity contribution is 0.416. The van der Waals surface area contributed by atoms with E-state index in [4.69, 9.17) is 10.00 Å². The number of methoxy groups -OCH3 is 1. The zero-order valence-corrected chi connectivity index (χ0v) is 9.10. The van der Waals surface area contributed by atoms with Crippen LogP contribution < -0.4 is 10.3 Å². The highest BCUT2D eigenvalue weighted by Gasteiger charge is 2.08. The second-order valence-corrected chi connectivity index (χ2v) is 3.34. The topological polar surface area (TPSA) is 78.8 Å². The van der Waals surface area contributed by atoms with Gasteiger partial charge in [0.2, 0.25) is 0 Å². The Balaban J connectivity index is 2.65. The maximum absolute atomic E-state index is 11.2. The molecule has 1 N–H and O–H groups in total. The lowest BCUT2D eigenvalue weighted by Gasteiger charge is -2.07. The number of nitrogens with zero attached hydrogens (tertiary/aromatic N) is 2. The summed E-state index contributed by atoms with van der Waals surface area (Å²) in [5, 5.41) is 8.85. The van der Waals surface area contributed by atoms with Crippen molar-refractivity contribution < 1.29 is 4.74 Å². The van der Waals surface area contributed by atoms with Crippen LogP contribution in [0.2, 0.25) is 0 Å². The number of aromatic nitrogens is 2. The number of ether oxygens (including phenoxy) is 1. The zero-order chi connectivity index (χ0) is 12.3. The van der Waals surface area contributed by atoms with Crippen molar-refractivity contribution in [3.8, 4) is 23.1 Å². The van der Waals surface area contributed by atoms with Gasteiger partial charge in [0.05, 0.1) is 36.8 Å². The van der Waals surface area contributed by atoms with Crippen LogP contribution in [0.1, 0.15) is 5.56 Å². The average molecular weight is 227 g/mol. The lowest BCUT2D eigenvalue weighted by Crippen LogP contribution is -2.06. The van der Waals surface area contributed by atoms with E-state index in [0.29, 0.717) is 22.6 Å². The number of hydrogen-bond donors (Lipinski definition) is 1. The van der Waals surface area contributed by atoms with E-state index in [-0.39, 0.29) is 5.56 Å². The van der Waals surface area contributed by atoms with Crippen LogP contribution in [0.15, 0.2) is 35.4 Å². The molecule has 0 aliphatic heterocycles. The normalized spacial score (nSPS) is 9.65. The van der Waals surface area contributed by atoms with Crippen LogP contribution in [0.4, 0.5) is 0 Å². The Hall–Kier alpha value is -2.61. The van der Waals surface area contributed by atoms with Gasteiger partial charge >= 0.3 is 0 Å². The van der Waals surface area contributed by atoms with E-state index in [1.807, 2.05) is 6.07 Å². The van der Waals surface area contributed by atoms with Crippen LogP contribution in [0.25, 0.3) is 11.3 Å². The van der Waals surface area contributed by atoms with Gasteiger partial charge < -0.3 is 9.72 Å². The van der Waals surface area contributed by atoms with Gasteiger partial charge in [-0.1, -0.05) is 0 Å². The van der Waals surface area contributed by atoms with Crippen LogP contribution >= 0.6 is 0 Å². The Bertz CT molecular complexity index is 641. The molecule has 5 nitrogen and oxygen atoms in total. The first-order valence-electron chi connectivity index (χ1n) is 4.87. The van der Waals surface area contributed by atoms with Crippen LogP contribution in [0, 0.1) is 11.3 Å². The molecule has 0 aliphatic rings.